The smallest absolute Gasteiger partial charge is 0.213 e. The molecular formula is C7H9Cl3O2. The molecular weight excluding hydrogens is 222 g/mol. The maximum absolute atomic E-state index is 5.46. The fourth-order valence-corrected chi connectivity index (χ4v) is 0.940. The van der Waals surface area contributed by atoms with Gasteiger partial charge in [0.15, 0.2) is 6.29 Å². The third kappa shape index (κ3) is 3.50. The van der Waals surface area contributed by atoms with Crippen LogP contribution in [0.3, 0.4) is 0 Å². The van der Waals surface area contributed by atoms with Gasteiger partial charge in [-0.1, -0.05) is 41.4 Å². The van der Waals surface area contributed by atoms with E-state index in [1.54, 1.807) is 0 Å². The van der Waals surface area contributed by atoms with Crippen molar-refractivity contribution < 1.29 is 9.47 Å². The van der Waals surface area contributed by atoms with Crippen LogP contribution in [-0.4, -0.2) is 22.8 Å². The van der Waals surface area contributed by atoms with Crippen molar-refractivity contribution in [3.63, 3.8) is 0 Å². The molecule has 0 saturated carbocycles. The van der Waals surface area contributed by atoms with Crippen LogP contribution in [0.1, 0.15) is 6.92 Å². The number of alkyl halides is 3. The maximum atomic E-state index is 5.46. The Balaban J connectivity index is 2.16. The first-order valence-corrected chi connectivity index (χ1v) is 4.53. The van der Waals surface area contributed by atoms with Gasteiger partial charge in [0.2, 0.25) is 3.79 Å². The topological polar surface area (TPSA) is 21.8 Å². The van der Waals surface area contributed by atoms with Crippen molar-refractivity contribution in [2.45, 2.75) is 23.1 Å². The van der Waals surface area contributed by atoms with Crippen LogP contribution in [0, 0.1) is 0 Å². The van der Waals surface area contributed by atoms with Crippen molar-refractivity contribution in [2.24, 2.45) is 0 Å². The quantitative estimate of drug-likeness (QED) is 0.423. The molecule has 0 aliphatic carbocycles. The zero-order chi connectivity index (χ0) is 9.35. The Morgan fingerprint density at radius 2 is 2.17 bits per heavy atom. The van der Waals surface area contributed by atoms with Gasteiger partial charge >= 0.3 is 0 Å². The van der Waals surface area contributed by atoms with Gasteiger partial charge in [0.25, 0.3) is 0 Å². The van der Waals surface area contributed by atoms with Crippen molar-refractivity contribution in [2.75, 3.05) is 6.61 Å². The molecule has 1 aliphatic rings. The number of halogens is 3. The van der Waals surface area contributed by atoms with Gasteiger partial charge in [-0.25, -0.2) is 0 Å². The summed E-state index contributed by atoms with van der Waals surface area (Å²) < 4.78 is 8.82. The molecule has 0 N–H and O–H groups in total. The highest BCUT2D eigenvalue weighted by molar-refractivity contribution is 6.67. The molecule has 0 radical (unpaired) electrons. The van der Waals surface area contributed by atoms with Crippen LogP contribution in [-0.2, 0) is 9.47 Å². The first-order valence-electron chi connectivity index (χ1n) is 3.39. The van der Waals surface area contributed by atoms with Crippen LogP contribution in [0.4, 0.5) is 0 Å². The Morgan fingerprint density at radius 1 is 1.58 bits per heavy atom. The van der Waals surface area contributed by atoms with E-state index >= 15 is 0 Å². The second-order valence-corrected chi connectivity index (χ2v) is 5.21. The molecule has 1 heterocycles. The lowest BCUT2D eigenvalue weighted by Gasteiger charge is -2.08. The summed E-state index contributed by atoms with van der Waals surface area (Å²) in [6.45, 7) is 5.61. The minimum atomic E-state index is -1.37. The lowest BCUT2D eigenvalue weighted by Crippen LogP contribution is -2.15. The fraction of sp³-hybridized carbons (Fsp3) is 0.714. The van der Waals surface area contributed by atoms with E-state index in [4.69, 9.17) is 44.3 Å². The number of hydrogen-bond acceptors (Lipinski definition) is 2. The SMILES string of the molecule is C=C(C)C1OC1OCC(Cl)(Cl)Cl. The van der Waals surface area contributed by atoms with Crippen LogP contribution >= 0.6 is 34.8 Å². The third-order valence-electron chi connectivity index (χ3n) is 1.35. The minimum absolute atomic E-state index is 0.0302. The molecule has 70 valence electrons. The Bertz CT molecular complexity index is 188. The van der Waals surface area contributed by atoms with E-state index in [1.165, 1.54) is 0 Å². The molecule has 2 nitrogen and oxygen atoms in total. The summed E-state index contributed by atoms with van der Waals surface area (Å²) in [7, 11) is 0. The number of epoxide rings is 1. The average molecular weight is 232 g/mol. The summed E-state index contributed by atoms with van der Waals surface area (Å²) in [6.07, 6.45) is -0.310. The predicted octanol–water partition coefficient (Wildman–Crippen LogP) is 2.67. The number of ether oxygens (including phenoxy) is 2. The van der Waals surface area contributed by atoms with Crippen LogP contribution in [0.5, 0.6) is 0 Å². The molecule has 0 bridgehead atoms. The number of hydrogen-bond donors (Lipinski definition) is 0. The Labute approximate surface area is 86.4 Å². The van der Waals surface area contributed by atoms with Gasteiger partial charge < -0.3 is 9.47 Å². The summed E-state index contributed by atoms with van der Waals surface area (Å²) in [5.74, 6) is 0. The third-order valence-corrected chi connectivity index (χ3v) is 1.68. The minimum Gasteiger partial charge on any atom is -0.345 e. The van der Waals surface area contributed by atoms with E-state index in [1.807, 2.05) is 6.92 Å². The molecule has 0 aromatic carbocycles. The second-order valence-electron chi connectivity index (χ2n) is 2.70. The monoisotopic (exact) mass is 230 g/mol. The summed E-state index contributed by atoms with van der Waals surface area (Å²) in [6, 6.07) is 0. The molecule has 0 amide bonds. The highest BCUT2D eigenvalue weighted by atomic mass is 35.6. The normalized spacial score (nSPS) is 28.7. The van der Waals surface area contributed by atoms with Gasteiger partial charge in [-0.15, -0.1) is 0 Å². The van der Waals surface area contributed by atoms with Gasteiger partial charge in [0.1, 0.15) is 6.10 Å². The lowest BCUT2D eigenvalue weighted by atomic mass is 10.2. The van der Waals surface area contributed by atoms with Crippen molar-refractivity contribution in [3.8, 4) is 0 Å². The second kappa shape index (κ2) is 3.72. The van der Waals surface area contributed by atoms with Gasteiger partial charge in [0, 0.05) is 0 Å². The molecule has 0 aromatic rings. The molecule has 0 aromatic heterocycles. The fourth-order valence-electron chi connectivity index (χ4n) is 0.751. The Morgan fingerprint density at radius 3 is 2.50 bits per heavy atom. The van der Waals surface area contributed by atoms with E-state index in [2.05, 4.69) is 6.58 Å². The zero-order valence-electron chi connectivity index (χ0n) is 6.52. The Hall–Kier alpha value is 0.530. The van der Waals surface area contributed by atoms with Crippen molar-refractivity contribution in [3.05, 3.63) is 12.2 Å². The highest BCUT2D eigenvalue weighted by Crippen LogP contribution is 2.33. The summed E-state index contributed by atoms with van der Waals surface area (Å²) in [4.78, 5) is 0. The molecule has 12 heavy (non-hydrogen) atoms. The maximum Gasteiger partial charge on any atom is 0.213 e. The molecule has 1 saturated heterocycles. The van der Waals surface area contributed by atoms with E-state index in [9.17, 15) is 0 Å². The van der Waals surface area contributed by atoms with Crippen molar-refractivity contribution in [1.29, 1.82) is 0 Å². The van der Waals surface area contributed by atoms with Crippen LogP contribution in [0.2, 0.25) is 0 Å². The standard InChI is InChI=1S/C7H9Cl3O2/c1-4(2)5-6(12-5)11-3-7(8,9)10/h5-6H,1,3H2,2H3. The van der Waals surface area contributed by atoms with Gasteiger partial charge in [-0.3, -0.25) is 0 Å². The first-order chi connectivity index (χ1) is 5.40. The zero-order valence-corrected chi connectivity index (χ0v) is 8.79. The van der Waals surface area contributed by atoms with Crippen LogP contribution < -0.4 is 0 Å². The molecule has 2 atom stereocenters. The summed E-state index contributed by atoms with van der Waals surface area (Å²) in [5.41, 5.74) is 0.921. The largest absolute Gasteiger partial charge is 0.345 e. The number of rotatable bonds is 3. The van der Waals surface area contributed by atoms with Crippen LogP contribution in [0.15, 0.2) is 12.2 Å². The molecule has 5 heteroatoms. The molecule has 1 fully saturated rings. The summed E-state index contributed by atoms with van der Waals surface area (Å²) in [5, 5.41) is 0. The molecule has 1 aliphatic heterocycles. The van der Waals surface area contributed by atoms with E-state index < -0.39 is 3.79 Å². The van der Waals surface area contributed by atoms with Crippen molar-refractivity contribution in [1.82, 2.24) is 0 Å². The van der Waals surface area contributed by atoms with Crippen LogP contribution in [0.25, 0.3) is 0 Å². The van der Waals surface area contributed by atoms with Gasteiger partial charge in [-0.2, -0.15) is 0 Å². The van der Waals surface area contributed by atoms with Gasteiger partial charge in [0.05, 0.1) is 6.61 Å². The average Bonchev–Trinajstić information content (AvgIpc) is 2.59. The lowest BCUT2D eigenvalue weighted by molar-refractivity contribution is 0.0536. The van der Waals surface area contributed by atoms with E-state index in [0.29, 0.717) is 0 Å². The summed E-state index contributed by atoms with van der Waals surface area (Å²) >= 11 is 16.4. The first kappa shape index (κ1) is 10.6. The predicted molar refractivity (Wildman–Crippen MR) is 49.7 cm³/mol. The van der Waals surface area contributed by atoms with Gasteiger partial charge in [-0.05, 0) is 12.5 Å². The van der Waals surface area contributed by atoms with Crippen molar-refractivity contribution >= 4 is 34.8 Å². The van der Waals surface area contributed by atoms with E-state index in [-0.39, 0.29) is 19.0 Å². The molecule has 1 rings (SSSR count). The van der Waals surface area contributed by atoms with E-state index in [0.717, 1.165) is 5.57 Å². The molecule has 0 spiro atoms. The highest BCUT2D eigenvalue weighted by Gasteiger charge is 2.41. The molecule has 2 unspecified atom stereocenters. The Kier molecular flexibility index (Phi) is 3.29.